The summed E-state index contributed by atoms with van der Waals surface area (Å²) in [6.07, 6.45) is 29.3. The first-order chi connectivity index (χ1) is 13.2. The van der Waals surface area contributed by atoms with E-state index in [2.05, 4.69) is 37.3 Å². The van der Waals surface area contributed by atoms with Crippen LogP contribution in [0.3, 0.4) is 0 Å². The zero-order chi connectivity index (χ0) is 20.0. The Labute approximate surface area is 166 Å². The summed E-state index contributed by atoms with van der Waals surface area (Å²) in [5.74, 6) is -0.686. The third-order valence-electron chi connectivity index (χ3n) is 4.32. The molecule has 0 heterocycles. The molecule has 0 rings (SSSR count). The third kappa shape index (κ3) is 22.3. The predicted octanol–water partition coefficient (Wildman–Crippen LogP) is 6.75. The van der Waals surface area contributed by atoms with E-state index in [1.807, 2.05) is 18.2 Å². The van der Waals surface area contributed by atoms with Gasteiger partial charge in [-0.2, -0.15) is 0 Å². The molecule has 0 amide bonds. The van der Waals surface area contributed by atoms with Crippen molar-refractivity contribution in [2.45, 2.75) is 96.5 Å². The fraction of sp³-hybridized carbons (Fsp3) is 0.625. The maximum atomic E-state index is 10.4. The zero-order valence-electron chi connectivity index (χ0n) is 17.2. The molecule has 0 radical (unpaired) electrons. The van der Waals surface area contributed by atoms with Crippen LogP contribution in [0, 0.1) is 0 Å². The number of aliphatic hydroxyl groups excluding tert-OH is 1. The molecule has 0 unspecified atom stereocenters. The standard InChI is InChI=1S/C24H40O3/c1-2-3-17-20-23(25)21-18-15-13-11-9-7-5-4-6-8-10-12-14-16-19-22-24(26)27/h4,6-7,9,13,15,18,21,23,25H,2-3,5,8,10-12,14,16-17,19-20,22H2,1H3,(H,26,27)/b6-4-,9-7-,15-13-,21-18+/t23-/m0/s1. The third-order valence-corrected chi connectivity index (χ3v) is 4.32. The average molecular weight is 377 g/mol. The Morgan fingerprint density at radius 1 is 0.815 bits per heavy atom. The molecule has 3 heteroatoms. The Hall–Kier alpha value is -1.61. The van der Waals surface area contributed by atoms with Crippen LogP contribution in [0.1, 0.15) is 90.4 Å². The second kappa shape index (κ2) is 20.7. The molecule has 27 heavy (non-hydrogen) atoms. The van der Waals surface area contributed by atoms with E-state index in [0.29, 0.717) is 6.42 Å². The number of carboxylic acids is 1. The number of unbranched alkanes of at least 4 members (excludes halogenated alkanes) is 7. The molecule has 0 aromatic heterocycles. The van der Waals surface area contributed by atoms with Gasteiger partial charge in [0, 0.05) is 6.42 Å². The van der Waals surface area contributed by atoms with E-state index in [-0.39, 0.29) is 6.10 Å². The minimum Gasteiger partial charge on any atom is -0.481 e. The average Bonchev–Trinajstić information content (AvgIpc) is 2.64. The van der Waals surface area contributed by atoms with Crippen LogP contribution in [-0.4, -0.2) is 22.3 Å². The lowest BCUT2D eigenvalue weighted by Crippen LogP contribution is -2.00. The van der Waals surface area contributed by atoms with Crippen LogP contribution in [0.25, 0.3) is 0 Å². The lowest BCUT2D eigenvalue weighted by molar-refractivity contribution is -0.137. The van der Waals surface area contributed by atoms with Crippen LogP contribution in [0.15, 0.2) is 48.6 Å². The van der Waals surface area contributed by atoms with Gasteiger partial charge in [0.15, 0.2) is 0 Å². The summed E-state index contributed by atoms with van der Waals surface area (Å²) in [6, 6.07) is 0. The normalized spacial score (nSPS) is 13.6. The van der Waals surface area contributed by atoms with Crippen LogP contribution < -0.4 is 0 Å². The first-order valence-electron chi connectivity index (χ1n) is 10.7. The van der Waals surface area contributed by atoms with Crippen molar-refractivity contribution >= 4 is 5.97 Å². The first-order valence-corrected chi connectivity index (χ1v) is 10.7. The van der Waals surface area contributed by atoms with Crippen molar-refractivity contribution in [3.05, 3.63) is 48.6 Å². The molecule has 154 valence electrons. The van der Waals surface area contributed by atoms with Crippen molar-refractivity contribution in [1.29, 1.82) is 0 Å². The number of hydrogen-bond donors (Lipinski definition) is 2. The molecule has 1 atom stereocenters. The fourth-order valence-corrected chi connectivity index (χ4v) is 2.68. The summed E-state index contributed by atoms with van der Waals surface area (Å²) in [5, 5.41) is 18.3. The van der Waals surface area contributed by atoms with Gasteiger partial charge < -0.3 is 10.2 Å². The highest BCUT2D eigenvalue weighted by atomic mass is 16.4. The highest BCUT2D eigenvalue weighted by molar-refractivity contribution is 5.66. The molecular weight excluding hydrogens is 336 g/mol. The highest BCUT2D eigenvalue weighted by Gasteiger charge is 1.96. The molecule has 3 nitrogen and oxygen atoms in total. The molecule has 0 fully saturated rings. The van der Waals surface area contributed by atoms with Crippen molar-refractivity contribution < 1.29 is 15.0 Å². The molecule has 2 N–H and O–H groups in total. The first kappa shape index (κ1) is 25.4. The quantitative estimate of drug-likeness (QED) is 0.158. The van der Waals surface area contributed by atoms with E-state index in [1.165, 1.54) is 25.7 Å². The number of allylic oxidation sites excluding steroid dienone is 7. The summed E-state index contributed by atoms with van der Waals surface area (Å²) in [4.78, 5) is 10.4. The number of hydrogen-bond acceptors (Lipinski definition) is 2. The van der Waals surface area contributed by atoms with Gasteiger partial charge in [-0.15, -0.1) is 0 Å². The number of rotatable bonds is 18. The Balaban J connectivity index is 3.47. The van der Waals surface area contributed by atoms with E-state index in [9.17, 15) is 9.90 Å². The molecular formula is C24H40O3. The van der Waals surface area contributed by atoms with Crippen LogP contribution in [0.4, 0.5) is 0 Å². The smallest absolute Gasteiger partial charge is 0.303 e. The Kier molecular flexibility index (Phi) is 19.5. The van der Waals surface area contributed by atoms with Gasteiger partial charge >= 0.3 is 5.97 Å². The SMILES string of the molecule is CCCCC[C@H](O)/C=C/C=C\C/C=C\C/C=C\CCCCCCCC(=O)O. The molecule has 0 aromatic rings. The van der Waals surface area contributed by atoms with Gasteiger partial charge in [-0.1, -0.05) is 94.1 Å². The van der Waals surface area contributed by atoms with E-state index in [4.69, 9.17) is 5.11 Å². The zero-order valence-corrected chi connectivity index (χ0v) is 17.2. The lowest BCUT2D eigenvalue weighted by Gasteiger charge is -2.02. The molecule has 0 saturated heterocycles. The number of carbonyl (C=O) groups is 1. The van der Waals surface area contributed by atoms with E-state index < -0.39 is 5.97 Å². The molecule has 0 spiro atoms. The van der Waals surface area contributed by atoms with Crippen LogP contribution in [0.5, 0.6) is 0 Å². The van der Waals surface area contributed by atoms with Gasteiger partial charge in [0.05, 0.1) is 6.10 Å². The summed E-state index contributed by atoms with van der Waals surface area (Å²) in [6.45, 7) is 2.17. The second-order valence-corrected chi connectivity index (χ2v) is 6.99. The van der Waals surface area contributed by atoms with Gasteiger partial charge in [0.2, 0.25) is 0 Å². The van der Waals surface area contributed by atoms with E-state index in [1.54, 1.807) is 0 Å². The van der Waals surface area contributed by atoms with Crippen LogP contribution in [-0.2, 0) is 4.79 Å². The van der Waals surface area contributed by atoms with E-state index >= 15 is 0 Å². The van der Waals surface area contributed by atoms with Gasteiger partial charge in [-0.3, -0.25) is 4.79 Å². The summed E-state index contributed by atoms with van der Waals surface area (Å²) in [7, 11) is 0. The van der Waals surface area contributed by atoms with Crippen molar-refractivity contribution in [3.8, 4) is 0 Å². The second-order valence-electron chi connectivity index (χ2n) is 6.99. The monoisotopic (exact) mass is 376 g/mol. The fourth-order valence-electron chi connectivity index (χ4n) is 2.68. The predicted molar refractivity (Wildman–Crippen MR) is 116 cm³/mol. The molecule has 0 aliphatic heterocycles. The maximum Gasteiger partial charge on any atom is 0.303 e. The van der Waals surface area contributed by atoms with E-state index in [0.717, 1.165) is 51.4 Å². The van der Waals surface area contributed by atoms with Crippen molar-refractivity contribution in [2.75, 3.05) is 0 Å². The van der Waals surface area contributed by atoms with Crippen molar-refractivity contribution in [3.63, 3.8) is 0 Å². The van der Waals surface area contributed by atoms with Crippen molar-refractivity contribution in [1.82, 2.24) is 0 Å². The molecule has 0 bridgehead atoms. The van der Waals surface area contributed by atoms with Crippen molar-refractivity contribution in [2.24, 2.45) is 0 Å². The summed E-state index contributed by atoms with van der Waals surface area (Å²) < 4.78 is 0. The summed E-state index contributed by atoms with van der Waals surface area (Å²) in [5.41, 5.74) is 0. The largest absolute Gasteiger partial charge is 0.481 e. The van der Waals surface area contributed by atoms with Gasteiger partial charge in [0.1, 0.15) is 0 Å². The minimum atomic E-state index is -0.686. The topological polar surface area (TPSA) is 57.5 Å². The molecule has 0 saturated carbocycles. The number of aliphatic hydroxyl groups is 1. The molecule has 0 aromatic carbocycles. The maximum absolute atomic E-state index is 10.4. The Morgan fingerprint density at radius 2 is 1.48 bits per heavy atom. The minimum absolute atomic E-state index is 0.304. The van der Waals surface area contributed by atoms with Crippen LogP contribution in [0.2, 0.25) is 0 Å². The molecule has 0 aliphatic carbocycles. The lowest BCUT2D eigenvalue weighted by atomic mass is 10.1. The van der Waals surface area contributed by atoms with Gasteiger partial charge in [-0.25, -0.2) is 0 Å². The molecule has 0 aliphatic rings. The van der Waals surface area contributed by atoms with Gasteiger partial charge in [-0.05, 0) is 38.5 Å². The number of carboxylic acid groups (broad SMARTS) is 1. The highest BCUT2D eigenvalue weighted by Crippen LogP contribution is 2.08. The number of aliphatic carboxylic acids is 1. The summed E-state index contributed by atoms with van der Waals surface area (Å²) >= 11 is 0. The Bertz CT molecular complexity index is 447. The van der Waals surface area contributed by atoms with Crippen LogP contribution >= 0.6 is 0 Å². The Morgan fingerprint density at radius 3 is 2.22 bits per heavy atom. The van der Waals surface area contributed by atoms with Gasteiger partial charge in [0.25, 0.3) is 0 Å².